The van der Waals surface area contributed by atoms with Crippen LogP contribution in [0.25, 0.3) is 44.5 Å². The van der Waals surface area contributed by atoms with Gasteiger partial charge in [-0.2, -0.15) is 0 Å². The molecule has 77 heavy (non-hydrogen) atoms. The molecule has 5 aliphatic rings. The minimum atomic E-state index is -0.204. The van der Waals surface area contributed by atoms with Gasteiger partial charge in [0, 0.05) is 70.1 Å². The summed E-state index contributed by atoms with van der Waals surface area (Å²) in [4.78, 5) is 10.8. The Labute approximate surface area is 466 Å². The lowest BCUT2D eigenvalue weighted by Gasteiger charge is -2.48. The van der Waals surface area contributed by atoms with Crippen molar-refractivity contribution in [2.24, 2.45) is 0 Å². The number of rotatable bonds is 4. The zero-order chi connectivity index (χ0) is 53.2. The van der Waals surface area contributed by atoms with E-state index in [9.17, 15) is 0 Å². The maximum atomic E-state index is 2.84. The van der Waals surface area contributed by atoms with E-state index in [1.54, 1.807) is 0 Å². The molecule has 0 spiro atoms. The van der Waals surface area contributed by atoms with Crippen LogP contribution < -0.4 is 20.6 Å². The van der Waals surface area contributed by atoms with Gasteiger partial charge in [-0.05, 0) is 188 Å². The van der Waals surface area contributed by atoms with Gasteiger partial charge in [-0.15, -0.1) is 0 Å². The highest BCUT2D eigenvalue weighted by Crippen LogP contribution is 2.61. The van der Waals surface area contributed by atoms with Gasteiger partial charge in [0.1, 0.15) is 0 Å². The molecule has 0 atom stereocenters. The molecule has 3 aliphatic heterocycles. The Morgan fingerprint density at radius 2 is 1.09 bits per heavy atom. The van der Waals surface area contributed by atoms with Crippen molar-refractivity contribution in [2.75, 3.05) is 9.71 Å². The van der Waals surface area contributed by atoms with Crippen LogP contribution in [0, 0.1) is 20.8 Å². The summed E-state index contributed by atoms with van der Waals surface area (Å²) in [6, 6.07) is 64.3. The third-order valence-corrected chi connectivity index (χ3v) is 21.0. The third-order valence-electron chi connectivity index (χ3n) is 18.5. The SMILES string of the molecule is Cc1cc2c(cc1N1c3cc4c(cc3B3c5c(cc(-c6c(C)cccc6C)cc51)-c1ccc5c(c1N3c1ccc(C(C)(C)C)cc1-c1ccccc1)-c1ccccc1C5(C)C)Sc1ccccc1S4)C(C)(C)CCC2(C)C. The highest BCUT2D eigenvalue weighted by atomic mass is 32.2. The van der Waals surface area contributed by atoms with Crippen molar-refractivity contribution in [1.29, 1.82) is 0 Å². The molecule has 5 heteroatoms. The molecule has 2 nitrogen and oxygen atoms in total. The summed E-state index contributed by atoms with van der Waals surface area (Å²) in [6.07, 6.45) is 2.33. The zero-order valence-electron chi connectivity index (χ0n) is 46.8. The summed E-state index contributed by atoms with van der Waals surface area (Å²) in [7, 11) is 0. The van der Waals surface area contributed by atoms with E-state index in [1.807, 2.05) is 23.5 Å². The van der Waals surface area contributed by atoms with Gasteiger partial charge in [0.2, 0.25) is 0 Å². The molecule has 9 aromatic rings. The summed E-state index contributed by atoms with van der Waals surface area (Å²) in [5.74, 6) is 0. The quantitative estimate of drug-likeness (QED) is 0.162. The van der Waals surface area contributed by atoms with Crippen molar-refractivity contribution in [3.8, 4) is 44.5 Å². The third kappa shape index (κ3) is 7.25. The van der Waals surface area contributed by atoms with Crippen molar-refractivity contribution in [1.82, 2.24) is 0 Å². The van der Waals surface area contributed by atoms with Gasteiger partial charge >= 0.3 is 6.85 Å². The van der Waals surface area contributed by atoms with E-state index in [-0.39, 0.29) is 28.5 Å². The molecule has 0 radical (unpaired) electrons. The number of anilines is 5. The molecule has 0 unspecified atom stereocenters. The Hall–Kier alpha value is -6.66. The first kappa shape index (κ1) is 48.7. The van der Waals surface area contributed by atoms with Crippen LogP contribution in [0.3, 0.4) is 0 Å². The molecule has 0 fully saturated rings. The second kappa shape index (κ2) is 16.9. The minimum absolute atomic E-state index is 0.0211. The van der Waals surface area contributed by atoms with Gasteiger partial charge in [-0.25, -0.2) is 0 Å². The largest absolute Gasteiger partial charge is 0.375 e. The molecule has 14 rings (SSSR count). The number of benzene rings is 9. The summed E-state index contributed by atoms with van der Waals surface area (Å²) in [6.45, 7) is 28.6. The fourth-order valence-electron chi connectivity index (χ4n) is 14.2. The fourth-order valence-corrected chi connectivity index (χ4v) is 16.5. The number of aryl methyl sites for hydroxylation is 3. The van der Waals surface area contributed by atoms with E-state index in [0.717, 1.165) is 6.42 Å². The molecule has 2 aliphatic carbocycles. The second-order valence-corrected chi connectivity index (χ2v) is 27.9. The number of nitrogens with zero attached hydrogens (tertiary/aromatic N) is 2. The van der Waals surface area contributed by atoms with Gasteiger partial charge in [0.15, 0.2) is 0 Å². The molecule has 0 N–H and O–H groups in total. The summed E-state index contributed by atoms with van der Waals surface area (Å²) in [5, 5.41) is 0. The van der Waals surface area contributed by atoms with Gasteiger partial charge in [-0.1, -0.05) is 195 Å². The van der Waals surface area contributed by atoms with Crippen LogP contribution >= 0.6 is 23.5 Å². The number of fused-ring (bicyclic) bond motifs is 11. The van der Waals surface area contributed by atoms with Crippen LogP contribution in [-0.2, 0) is 21.7 Å². The van der Waals surface area contributed by atoms with Crippen molar-refractivity contribution >= 4 is 69.7 Å². The smallest absolute Gasteiger partial charge is 0.333 e. The Morgan fingerprint density at radius 3 is 1.79 bits per heavy atom. The van der Waals surface area contributed by atoms with E-state index in [0.29, 0.717) is 0 Å². The average molecular weight is 1040 g/mol. The summed E-state index contributed by atoms with van der Waals surface area (Å²) >= 11 is 3.86. The number of hydrogen-bond donors (Lipinski definition) is 0. The van der Waals surface area contributed by atoms with E-state index in [2.05, 4.69) is 257 Å². The summed E-state index contributed by atoms with van der Waals surface area (Å²) in [5.41, 5.74) is 30.1. The van der Waals surface area contributed by atoms with E-state index < -0.39 is 0 Å². The molecule has 0 bridgehead atoms. The van der Waals surface area contributed by atoms with Gasteiger partial charge in [0.05, 0.1) is 0 Å². The van der Waals surface area contributed by atoms with Crippen LogP contribution in [-0.4, -0.2) is 6.85 Å². The van der Waals surface area contributed by atoms with Crippen molar-refractivity contribution in [2.45, 2.75) is 137 Å². The first-order valence-electron chi connectivity index (χ1n) is 27.9. The molecular formula is C72H67BN2S2. The van der Waals surface area contributed by atoms with Crippen LogP contribution in [0.5, 0.6) is 0 Å². The molecule has 0 saturated heterocycles. The van der Waals surface area contributed by atoms with E-state index in [1.165, 1.54) is 154 Å². The molecule has 3 heterocycles. The maximum absolute atomic E-state index is 2.84. The van der Waals surface area contributed by atoms with E-state index in [4.69, 9.17) is 0 Å². The van der Waals surface area contributed by atoms with Crippen LogP contribution in [0.4, 0.5) is 28.4 Å². The van der Waals surface area contributed by atoms with Crippen LogP contribution in [0.1, 0.15) is 120 Å². The first-order valence-corrected chi connectivity index (χ1v) is 29.5. The highest BCUT2D eigenvalue weighted by molar-refractivity contribution is 8.05. The fraction of sp³-hybridized carbons (Fsp3) is 0.250. The van der Waals surface area contributed by atoms with E-state index >= 15 is 0 Å². The zero-order valence-corrected chi connectivity index (χ0v) is 48.4. The molecule has 9 aromatic carbocycles. The van der Waals surface area contributed by atoms with Crippen molar-refractivity contribution < 1.29 is 0 Å². The standard InChI is InChI=1S/C72H67BN2S2/c1-42-21-20-22-43(2)65(42)46-36-51-48-30-31-53-66(49-25-16-17-26-52(49)72(53,11)12)68(48)75(57-32-29-47(69(4,5)6)38-50(57)45-23-14-13-15-24-45)73-56-40-63-64(77-62-28-19-18-27-61(62)76-63)41-59(56)74(60(37-46)67(51)73)58-39-55-54(35-44(58)3)70(7,8)33-34-71(55,9)10/h13-32,35-41H,33-34H2,1-12H3. The lowest BCUT2D eigenvalue weighted by molar-refractivity contribution is 0.332. The second-order valence-electron chi connectivity index (χ2n) is 25.7. The first-order chi connectivity index (χ1) is 36.8. The lowest BCUT2D eigenvalue weighted by atomic mass is 9.43. The molecule has 0 aromatic heterocycles. The molecule has 0 saturated carbocycles. The maximum Gasteiger partial charge on any atom is 0.333 e. The molecule has 380 valence electrons. The Kier molecular flexibility index (Phi) is 10.7. The van der Waals surface area contributed by atoms with Crippen molar-refractivity contribution in [3.05, 3.63) is 208 Å². The predicted octanol–water partition coefficient (Wildman–Crippen LogP) is 19.2. The lowest BCUT2D eigenvalue weighted by Crippen LogP contribution is -2.62. The Morgan fingerprint density at radius 1 is 0.442 bits per heavy atom. The Bertz CT molecular complexity index is 3980. The normalized spacial score (nSPS) is 16.6. The summed E-state index contributed by atoms with van der Waals surface area (Å²) < 4.78 is 0. The Balaban J connectivity index is 1.17. The van der Waals surface area contributed by atoms with Crippen LogP contribution in [0.15, 0.2) is 183 Å². The topological polar surface area (TPSA) is 6.48 Å². The van der Waals surface area contributed by atoms with Crippen molar-refractivity contribution in [3.63, 3.8) is 0 Å². The molecule has 0 amide bonds. The predicted molar refractivity (Wildman–Crippen MR) is 331 cm³/mol. The minimum Gasteiger partial charge on any atom is -0.375 e. The monoisotopic (exact) mass is 1030 g/mol. The molecular weight excluding hydrogens is 968 g/mol. The van der Waals surface area contributed by atoms with Gasteiger partial charge < -0.3 is 9.71 Å². The van der Waals surface area contributed by atoms with Gasteiger partial charge in [0.25, 0.3) is 0 Å². The number of hydrogen-bond acceptors (Lipinski definition) is 4. The van der Waals surface area contributed by atoms with Crippen LogP contribution in [0.2, 0.25) is 0 Å². The average Bonchev–Trinajstić information content (AvgIpc) is 3.94. The van der Waals surface area contributed by atoms with Gasteiger partial charge in [-0.3, -0.25) is 0 Å². The highest BCUT2D eigenvalue weighted by Gasteiger charge is 2.50.